The molecule has 2 rings (SSSR count). The summed E-state index contributed by atoms with van der Waals surface area (Å²) in [6.07, 6.45) is 10.8. The first-order valence-electron chi connectivity index (χ1n) is 11.3. The van der Waals surface area contributed by atoms with Crippen LogP contribution in [0.2, 0.25) is 0 Å². The van der Waals surface area contributed by atoms with Crippen molar-refractivity contribution in [3.63, 3.8) is 0 Å². The van der Waals surface area contributed by atoms with Gasteiger partial charge in [0.1, 0.15) is 0 Å². The van der Waals surface area contributed by atoms with Crippen LogP contribution in [0.25, 0.3) is 0 Å². The number of aliphatic hydroxyl groups is 2. The minimum atomic E-state index is -0.453. The van der Waals surface area contributed by atoms with E-state index in [1.54, 1.807) is 0 Å². The third-order valence-electron chi connectivity index (χ3n) is 6.15. The van der Waals surface area contributed by atoms with Gasteiger partial charge in [0, 0.05) is 17.7 Å². The first-order chi connectivity index (χ1) is 14.5. The van der Waals surface area contributed by atoms with Gasteiger partial charge in [-0.05, 0) is 49.1 Å². The van der Waals surface area contributed by atoms with Gasteiger partial charge in [-0.15, -0.1) is 11.6 Å². The van der Waals surface area contributed by atoms with Crippen LogP contribution >= 0.6 is 11.6 Å². The van der Waals surface area contributed by atoms with E-state index in [9.17, 15) is 15.0 Å². The molecule has 1 aliphatic carbocycles. The maximum absolute atomic E-state index is 11.2. The van der Waals surface area contributed by atoms with Crippen LogP contribution in [0.5, 0.6) is 0 Å². The smallest absolute Gasteiger partial charge is 0.305 e. The van der Waals surface area contributed by atoms with Gasteiger partial charge in [0.15, 0.2) is 0 Å². The lowest BCUT2D eigenvalue weighted by Crippen LogP contribution is -2.18. The van der Waals surface area contributed by atoms with Crippen LogP contribution in [0.3, 0.4) is 0 Å². The average Bonchev–Trinajstić information content (AvgIpc) is 3.03. The Morgan fingerprint density at radius 1 is 1.23 bits per heavy atom. The molecule has 0 saturated heterocycles. The van der Waals surface area contributed by atoms with Crippen molar-refractivity contribution in [2.75, 3.05) is 7.11 Å². The van der Waals surface area contributed by atoms with Crippen LogP contribution < -0.4 is 0 Å². The van der Waals surface area contributed by atoms with E-state index in [2.05, 4.69) is 23.8 Å². The largest absolute Gasteiger partial charge is 0.469 e. The fourth-order valence-electron chi connectivity index (χ4n) is 4.36. The predicted octanol–water partition coefficient (Wildman–Crippen LogP) is 5.66. The highest BCUT2D eigenvalue weighted by Crippen LogP contribution is 2.45. The molecule has 168 valence electrons. The Morgan fingerprint density at radius 3 is 2.63 bits per heavy atom. The number of carbonyl (C=O) groups excluding carboxylic acids is 1. The number of rotatable bonds is 12. The van der Waals surface area contributed by atoms with Crippen molar-refractivity contribution in [1.82, 2.24) is 0 Å². The number of alkyl halides is 1. The molecule has 2 N–H and O–H groups in total. The summed E-state index contributed by atoms with van der Waals surface area (Å²) in [4.78, 5) is 11.2. The van der Waals surface area contributed by atoms with Crippen molar-refractivity contribution in [1.29, 1.82) is 0 Å². The van der Waals surface area contributed by atoms with Gasteiger partial charge >= 0.3 is 5.97 Å². The van der Waals surface area contributed by atoms with E-state index in [1.807, 2.05) is 24.3 Å². The maximum Gasteiger partial charge on any atom is 0.305 e. The molecular formula is C25H37ClO4. The number of esters is 1. The number of aliphatic hydroxyl groups excluding tert-OH is 2. The van der Waals surface area contributed by atoms with Crippen molar-refractivity contribution in [3.8, 4) is 0 Å². The first-order valence-corrected chi connectivity index (χ1v) is 11.7. The molecule has 5 heteroatoms. The molecule has 5 atom stereocenters. The van der Waals surface area contributed by atoms with E-state index >= 15 is 0 Å². The van der Waals surface area contributed by atoms with E-state index in [4.69, 9.17) is 11.6 Å². The lowest BCUT2D eigenvalue weighted by atomic mass is 9.84. The van der Waals surface area contributed by atoms with Crippen molar-refractivity contribution in [2.24, 2.45) is 5.92 Å². The summed E-state index contributed by atoms with van der Waals surface area (Å²) >= 11 is 6.58. The Balaban J connectivity index is 1.94. The molecule has 0 radical (unpaired) electrons. The number of hydrogen-bond acceptors (Lipinski definition) is 4. The highest BCUT2D eigenvalue weighted by atomic mass is 35.5. The molecule has 1 aliphatic rings. The molecule has 0 heterocycles. The second-order valence-corrected chi connectivity index (χ2v) is 8.92. The van der Waals surface area contributed by atoms with Crippen LogP contribution in [0.1, 0.15) is 87.9 Å². The minimum Gasteiger partial charge on any atom is -0.469 e. The molecule has 4 nitrogen and oxygen atoms in total. The standard InChI is InChI=1S/C25H37ClO4/c1-3-4-7-11-22(27)18-13-15-19(16-14-18)25-20(21(26)17-23(25)28)10-8-5-6-9-12-24(29)30-2/h5,8,13-16,20-23,25,27-28H,3-4,6-7,9-12,17H2,1-2H3/t20-,21+,22?,23+,25+/m0/s1. The highest BCUT2D eigenvalue weighted by Gasteiger charge is 2.41. The van der Waals surface area contributed by atoms with Crippen LogP contribution in [0.4, 0.5) is 0 Å². The van der Waals surface area contributed by atoms with Crippen molar-refractivity contribution in [2.45, 2.75) is 88.2 Å². The fraction of sp³-hybridized carbons (Fsp3) is 0.640. The van der Waals surface area contributed by atoms with Gasteiger partial charge in [-0.2, -0.15) is 0 Å². The van der Waals surface area contributed by atoms with Crippen LogP contribution in [-0.4, -0.2) is 34.8 Å². The van der Waals surface area contributed by atoms with E-state index < -0.39 is 12.2 Å². The lowest BCUT2D eigenvalue weighted by Gasteiger charge is -2.23. The molecule has 1 fully saturated rings. The topological polar surface area (TPSA) is 66.8 Å². The lowest BCUT2D eigenvalue weighted by molar-refractivity contribution is -0.140. The Kier molecular flexibility index (Phi) is 10.9. The second-order valence-electron chi connectivity index (χ2n) is 8.36. The van der Waals surface area contributed by atoms with E-state index in [0.717, 1.165) is 56.1 Å². The Hall–Kier alpha value is -1.36. The molecule has 1 saturated carbocycles. The van der Waals surface area contributed by atoms with Crippen LogP contribution in [0.15, 0.2) is 36.4 Å². The van der Waals surface area contributed by atoms with Gasteiger partial charge in [-0.3, -0.25) is 4.79 Å². The maximum atomic E-state index is 11.2. The Labute approximate surface area is 186 Å². The quantitative estimate of drug-likeness (QED) is 0.192. The SMILES string of the molecule is CCCCCC(O)c1ccc([C@@H]2[C@@H](CC=CCCCC(=O)OC)[C@H](Cl)C[C@H]2O)cc1. The molecule has 0 spiro atoms. The van der Waals surface area contributed by atoms with E-state index in [1.165, 1.54) is 7.11 Å². The van der Waals surface area contributed by atoms with Crippen LogP contribution in [0, 0.1) is 5.92 Å². The number of unbranched alkanes of at least 4 members (excludes halogenated alkanes) is 3. The Bertz CT molecular complexity index is 658. The number of hydrogen-bond donors (Lipinski definition) is 2. The van der Waals surface area contributed by atoms with Gasteiger partial charge in [0.25, 0.3) is 0 Å². The van der Waals surface area contributed by atoms with Gasteiger partial charge in [-0.25, -0.2) is 0 Å². The zero-order valence-electron chi connectivity index (χ0n) is 18.3. The molecule has 1 aromatic carbocycles. The van der Waals surface area contributed by atoms with Gasteiger partial charge in [0.2, 0.25) is 0 Å². The van der Waals surface area contributed by atoms with E-state index in [-0.39, 0.29) is 23.2 Å². The first kappa shape index (κ1) is 24.9. The van der Waals surface area contributed by atoms with Gasteiger partial charge < -0.3 is 14.9 Å². The summed E-state index contributed by atoms with van der Waals surface area (Å²) in [5.41, 5.74) is 2.02. The number of benzene rings is 1. The Morgan fingerprint density at radius 2 is 1.97 bits per heavy atom. The number of allylic oxidation sites excluding steroid dienone is 2. The number of methoxy groups -OCH3 is 1. The van der Waals surface area contributed by atoms with E-state index in [0.29, 0.717) is 12.8 Å². The van der Waals surface area contributed by atoms with Gasteiger partial charge in [-0.1, -0.05) is 62.6 Å². The molecule has 0 bridgehead atoms. The van der Waals surface area contributed by atoms with Crippen LogP contribution in [-0.2, 0) is 9.53 Å². The fourth-order valence-corrected chi connectivity index (χ4v) is 4.80. The monoisotopic (exact) mass is 436 g/mol. The molecular weight excluding hydrogens is 400 g/mol. The third-order valence-corrected chi connectivity index (χ3v) is 6.65. The summed E-state index contributed by atoms with van der Waals surface area (Å²) in [5.74, 6) is -0.0144. The van der Waals surface area contributed by atoms with Gasteiger partial charge in [0.05, 0.1) is 19.3 Å². The van der Waals surface area contributed by atoms with Crippen molar-refractivity contribution < 1.29 is 19.7 Å². The summed E-state index contributed by atoms with van der Waals surface area (Å²) in [7, 11) is 1.41. The van der Waals surface area contributed by atoms with Crippen molar-refractivity contribution in [3.05, 3.63) is 47.5 Å². The molecule has 0 aromatic heterocycles. The summed E-state index contributed by atoms with van der Waals surface area (Å²) in [6.45, 7) is 2.16. The summed E-state index contributed by atoms with van der Waals surface area (Å²) < 4.78 is 4.65. The molecule has 1 unspecified atom stereocenters. The molecule has 0 amide bonds. The second kappa shape index (κ2) is 13.1. The number of halogens is 1. The summed E-state index contributed by atoms with van der Waals surface area (Å²) in [5, 5.41) is 20.9. The predicted molar refractivity (Wildman–Crippen MR) is 122 cm³/mol. The molecule has 30 heavy (non-hydrogen) atoms. The average molecular weight is 437 g/mol. The molecule has 0 aliphatic heterocycles. The highest BCUT2D eigenvalue weighted by molar-refractivity contribution is 6.21. The third kappa shape index (κ3) is 7.40. The van der Waals surface area contributed by atoms with Crippen molar-refractivity contribution >= 4 is 17.6 Å². The zero-order chi connectivity index (χ0) is 21.9. The minimum absolute atomic E-state index is 0.00139. The molecule has 1 aromatic rings. The number of carbonyl (C=O) groups is 1. The summed E-state index contributed by atoms with van der Waals surface area (Å²) in [6, 6.07) is 8.04. The normalized spacial score (nSPS) is 25.0. The number of ether oxygens (including phenoxy) is 1. The zero-order valence-corrected chi connectivity index (χ0v) is 19.1.